The van der Waals surface area contributed by atoms with Gasteiger partial charge >= 0.3 is 0 Å². The molecule has 1 amide bonds. The fourth-order valence-electron chi connectivity index (χ4n) is 2.27. The Balaban J connectivity index is 1.87. The van der Waals surface area contributed by atoms with Crippen LogP contribution in [0.4, 0.5) is 0 Å². The molecule has 110 valence electrons. The minimum absolute atomic E-state index is 0.0294. The van der Waals surface area contributed by atoms with Gasteiger partial charge in [-0.25, -0.2) is 0 Å². The summed E-state index contributed by atoms with van der Waals surface area (Å²) in [7, 11) is 1.65. The summed E-state index contributed by atoms with van der Waals surface area (Å²) in [6.45, 7) is 5.36. The molecular weight excluding hydrogens is 252 g/mol. The van der Waals surface area contributed by atoms with Crippen molar-refractivity contribution in [2.45, 2.75) is 32.7 Å². The molecule has 1 aromatic rings. The Morgan fingerprint density at radius 2 is 2.20 bits per heavy atom. The standard InChI is InChI=1S/C16H24N2O2/c1-11-4-7-15(20-3)14(8-11)12(2)18-16(19)10-17-9-13-5-6-13/h4,7-8,12-13,17H,5-6,9-10H2,1-3H3,(H,18,19). The molecule has 1 aromatic carbocycles. The molecule has 2 rings (SSSR count). The van der Waals surface area contributed by atoms with E-state index in [0.717, 1.165) is 29.3 Å². The van der Waals surface area contributed by atoms with Crippen molar-refractivity contribution in [1.29, 1.82) is 0 Å². The summed E-state index contributed by atoms with van der Waals surface area (Å²) in [6, 6.07) is 5.95. The molecule has 0 aromatic heterocycles. The molecule has 0 bridgehead atoms. The summed E-state index contributed by atoms with van der Waals surface area (Å²) in [5.74, 6) is 1.63. The van der Waals surface area contributed by atoms with E-state index < -0.39 is 0 Å². The third-order valence-corrected chi connectivity index (χ3v) is 3.64. The van der Waals surface area contributed by atoms with E-state index in [9.17, 15) is 4.79 Å². The van der Waals surface area contributed by atoms with E-state index >= 15 is 0 Å². The molecule has 1 atom stereocenters. The van der Waals surface area contributed by atoms with Crippen molar-refractivity contribution in [3.63, 3.8) is 0 Å². The second kappa shape index (κ2) is 6.75. The molecule has 0 heterocycles. The first-order valence-corrected chi connectivity index (χ1v) is 7.24. The van der Waals surface area contributed by atoms with Gasteiger partial charge in [-0.3, -0.25) is 4.79 Å². The number of amides is 1. The van der Waals surface area contributed by atoms with Crippen LogP contribution >= 0.6 is 0 Å². The first kappa shape index (κ1) is 14.9. The normalized spacial score (nSPS) is 15.8. The van der Waals surface area contributed by atoms with Crippen LogP contribution in [0.1, 0.15) is 36.9 Å². The Morgan fingerprint density at radius 3 is 2.85 bits per heavy atom. The van der Waals surface area contributed by atoms with E-state index in [1.165, 1.54) is 12.8 Å². The van der Waals surface area contributed by atoms with Crippen molar-refractivity contribution in [1.82, 2.24) is 10.6 Å². The van der Waals surface area contributed by atoms with Gasteiger partial charge in [-0.1, -0.05) is 17.7 Å². The van der Waals surface area contributed by atoms with Crippen molar-refractivity contribution in [2.75, 3.05) is 20.2 Å². The van der Waals surface area contributed by atoms with E-state index in [1.54, 1.807) is 7.11 Å². The van der Waals surface area contributed by atoms with E-state index in [1.807, 2.05) is 26.0 Å². The number of methoxy groups -OCH3 is 1. The zero-order valence-corrected chi connectivity index (χ0v) is 12.5. The molecule has 1 unspecified atom stereocenters. The Morgan fingerprint density at radius 1 is 1.45 bits per heavy atom. The Kier molecular flexibility index (Phi) is 5.01. The van der Waals surface area contributed by atoms with E-state index in [4.69, 9.17) is 4.74 Å². The summed E-state index contributed by atoms with van der Waals surface area (Å²) in [5, 5.41) is 6.21. The second-order valence-corrected chi connectivity index (χ2v) is 5.61. The second-order valence-electron chi connectivity index (χ2n) is 5.61. The van der Waals surface area contributed by atoms with E-state index in [0.29, 0.717) is 6.54 Å². The quantitative estimate of drug-likeness (QED) is 0.802. The fraction of sp³-hybridized carbons (Fsp3) is 0.562. The lowest BCUT2D eigenvalue weighted by Crippen LogP contribution is -2.36. The fourth-order valence-corrected chi connectivity index (χ4v) is 2.27. The number of ether oxygens (including phenoxy) is 1. The maximum absolute atomic E-state index is 11.9. The van der Waals surface area contributed by atoms with Gasteiger partial charge < -0.3 is 15.4 Å². The number of aryl methyl sites for hydroxylation is 1. The van der Waals surface area contributed by atoms with Gasteiger partial charge in [-0.2, -0.15) is 0 Å². The molecule has 0 radical (unpaired) electrons. The van der Waals surface area contributed by atoms with Crippen molar-refractivity contribution in [2.24, 2.45) is 5.92 Å². The summed E-state index contributed by atoms with van der Waals surface area (Å²) < 4.78 is 5.36. The van der Waals surface area contributed by atoms with E-state index in [-0.39, 0.29) is 11.9 Å². The Bertz CT molecular complexity index is 470. The monoisotopic (exact) mass is 276 g/mol. The van der Waals surface area contributed by atoms with Gasteiger partial charge in [0, 0.05) is 5.56 Å². The number of nitrogens with one attached hydrogen (secondary N) is 2. The lowest BCUT2D eigenvalue weighted by molar-refractivity contribution is -0.120. The zero-order chi connectivity index (χ0) is 14.5. The van der Waals surface area contributed by atoms with Gasteiger partial charge in [0.25, 0.3) is 0 Å². The summed E-state index contributed by atoms with van der Waals surface area (Å²) in [5.41, 5.74) is 2.18. The maximum Gasteiger partial charge on any atom is 0.234 e. The van der Waals surface area contributed by atoms with Gasteiger partial charge in [0.15, 0.2) is 0 Å². The molecular formula is C16H24N2O2. The lowest BCUT2D eigenvalue weighted by atomic mass is 10.0. The molecule has 0 saturated heterocycles. The molecule has 0 spiro atoms. The number of rotatable bonds is 7. The molecule has 1 aliphatic carbocycles. The number of carbonyl (C=O) groups excluding carboxylic acids is 1. The number of benzene rings is 1. The highest BCUT2D eigenvalue weighted by atomic mass is 16.5. The lowest BCUT2D eigenvalue weighted by Gasteiger charge is -2.18. The Hall–Kier alpha value is -1.55. The first-order chi connectivity index (χ1) is 9.60. The smallest absolute Gasteiger partial charge is 0.234 e. The van der Waals surface area contributed by atoms with Crippen LogP contribution in [0.3, 0.4) is 0 Å². The maximum atomic E-state index is 11.9. The number of carbonyl (C=O) groups is 1. The van der Waals surface area contributed by atoms with Crippen LogP contribution in [0.25, 0.3) is 0 Å². The van der Waals surface area contributed by atoms with Crippen LogP contribution in [-0.4, -0.2) is 26.1 Å². The van der Waals surface area contributed by atoms with Crippen molar-refractivity contribution in [3.05, 3.63) is 29.3 Å². The predicted molar refractivity (Wildman–Crippen MR) is 79.9 cm³/mol. The van der Waals surface area contributed by atoms with Gasteiger partial charge in [0.05, 0.1) is 19.7 Å². The van der Waals surface area contributed by atoms with Crippen LogP contribution in [0.5, 0.6) is 5.75 Å². The SMILES string of the molecule is COc1ccc(C)cc1C(C)NC(=O)CNCC1CC1. The van der Waals surface area contributed by atoms with E-state index in [2.05, 4.69) is 16.7 Å². The number of hydrogen-bond acceptors (Lipinski definition) is 3. The van der Waals surface area contributed by atoms with Gasteiger partial charge in [0.2, 0.25) is 5.91 Å². The van der Waals surface area contributed by atoms with Gasteiger partial charge in [0.1, 0.15) is 5.75 Å². The highest BCUT2D eigenvalue weighted by Crippen LogP contribution is 2.27. The highest BCUT2D eigenvalue weighted by molar-refractivity contribution is 5.78. The minimum Gasteiger partial charge on any atom is -0.496 e. The van der Waals surface area contributed by atoms with Crippen LogP contribution in [0.2, 0.25) is 0 Å². The third-order valence-electron chi connectivity index (χ3n) is 3.64. The summed E-state index contributed by atoms with van der Waals surface area (Å²) in [4.78, 5) is 11.9. The topological polar surface area (TPSA) is 50.4 Å². The van der Waals surface area contributed by atoms with Crippen LogP contribution in [0, 0.1) is 12.8 Å². The average molecular weight is 276 g/mol. The Labute approximate surface area is 120 Å². The molecule has 1 saturated carbocycles. The molecule has 2 N–H and O–H groups in total. The highest BCUT2D eigenvalue weighted by Gasteiger charge is 2.21. The average Bonchev–Trinajstić information content (AvgIpc) is 3.22. The zero-order valence-electron chi connectivity index (χ0n) is 12.5. The van der Waals surface area contributed by atoms with Crippen LogP contribution < -0.4 is 15.4 Å². The molecule has 1 fully saturated rings. The molecule has 4 nitrogen and oxygen atoms in total. The summed E-state index contributed by atoms with van der Waals surface area (Å²) in [6.07, 6.45) is 2.59. The summed E-state index contributed by atoms with van der Waals surface area (Å²) >= 11 is 0. The van der Waals surface area contributed by atoms with Crippen LogP contribution in [-0.2, 0) is 4.79 Å². The predicted octanol–water partition coefficient (Wildman–Crippen LogP) is 2.18. The molecule has 1 aliphatic rings. The van der Waals surface area contributed by atoms with Crippen molar-refractivity contribution < 1.29 is 9.53 Å². The molecule has 20 heavy (non-hydrogen) atoms. The molecule has 0 aliphatic heterocycles. The third kappa shape index (κ3) is 4.23. The largest absolute Gasteiger partial charge is 0.496 e. The van der Waals surface area contributed by atoms with Crippen LogP contribution in [0.15, 0.2) is 18.2 Å². The minimum atomic E-state index is -0.0555. The van der Waals surface area contributed by atoms with Gasteiger partial charge in [-0.15, -0.1) is 0 Å². The van der Waals surface area contributed by atoms with Crippen molar-refractivity contribution >= 4 is 5.91 Å². The first-order valence-electron chi connectivity index (χ1n) is 7.24. The van der Waals surface area contributed by atoms with Crippen molar-refractivity contribution in [3.8, 4) is 5.75 Å². The number of hydrogen-bond donors (Lipinski definition) is 2. The van der Waals surface area contributed by atoms with Gasteiger partial charge in [-0.05, 0) is 45.2 Å². The molecule has 4 heteroatoms.